The molecule has 6 nitrogen and oxygen atoms in total. The molecule has 0 saturated heterocycles. The van der Waals surface area contributed by atoms with Crippen LogP contribution in [0.15, 0.2) is 80.2 Å². The third-order valence-electron chi connectivity index (χ3n) is 5.73. The molecule has 1 aliphatic heterocycles. The molecule has 32 heavy (non-hydrogen) atoms. The molecule has 4 rings (SSSR count). The van der Waals surface area contributed by atoms with Crippen molar-refractivity contribution in [1.82, 2.24) is 0 Å². The van der Waals surface area contributed by atoms with E-state index in [9.17, 15) is 21.6 Å². The van der Waals surface area contributed by atoms with Gasteiger partial charge in [0, 0.05) is 5.56 Å². The van der Waals surface area contributed by atoms with Gasteiger partial charge in [0.25, 0.3) is 0 Å². The first-order chi connectivity index (χ1) is 15.1. The molecule has 1 unspecified atom stereocenters. The Labute approximate surface area is 187 Å². The van der Waals surface area contributed by atoms with E-state index in [1.165, 1.54) is 49.4 Å². The molecule has 0 spiro atoms. The Hall–Kier alpha value is -2.97. The summed E-state index contributed by atoms with van der Waals surface area (Å²) >= 11 is 0. The number of carbonyl (C=O) groups is 1. The summed E-state index contributed by atoms with van der Waals surface area (Å²) in [4.78, 5) is 10.9. The van der Waals surface area contributed by atoms with E-state index in [1.54, 1.807) is 18.2 Å². The zero-order chi connectivity index (χ0) is 23.3. The molecule has 3 aromatic carbocycles. The van der Waals surface area contributed by atoms with Gasteiger partial charge in [0.2, 0.25) is 19.7 Å². The Kier molecular flexibility index (Phi) is 5.46. The highest BCUT2D eigenvalue weighted by molar-refractivity contribution is 7.94. The highest BCUT2D eigenvalue weighted by Crippen LogP contribution is 2.43. The van der Waals surface area contributed by atoms with Gasteiger partial charge in [0.05, 0.1) is 9.79 Å². The molecule has 0 bridgehead atoms. The number of sulfone groups is 2. The van der Waals surface area contributed by atoms with E-state index >= 15 is 0 Å². The second-order valence-corrected chi connectivity index (χ2v) is 11.6. The number of Topliss-reactive ketones (excluding diaryl/α,β-unsaturated/α-hetero) is 1. The van der Waals surface area contributed by atoms with Crippen LogP contribution in [0.5, 0.6) is 11.5 Å². The lowest BCUT2D eigenvalue weighted by Gasteiger charge is -2.16. The largest absolute Gasteiger partial charge is 0.455 e. The van der Waals surface area contributed by atoms with Crippen LogP contribution in [-0.4, -0.2) is 22.6 Å². The van der Waals surface area contributed by atoms with Gasteiger partial charge in [-0.2, -0.15) is 0 Å². The van der Waals surface area contributed by atoms with Crippen LogP contribution < -0.4 is 4.74 Å². The fourth-order valence-corrected chi connectivity index (χ4v) is 7.27. The number of rotatable bonds is 3. The molecule has 0 aliphatic carbocycles. The molecule has 0 saturated carbocycles. The summed E-state index contributed by atoms with van der Waals surface area (Å²) in [5.74, 6) is -0.227. The van der Waals surface area contributed by atoms with E-state index < -0.39 is 19.7 Å². The molecule has 1 aliphatic rings. The van der Waals surface area contributed by atoms with Crippen molar-refractivity contribution in [1.29, 1.82) is 0 Å². The summed E-state index contributed by atoms with van der Waals surface area (Å²) in [5.41, 5.74) is 0.994. The summed E-state index contributed by atoms with van der Waals surface area (Å²) < 4.78 is 60.5. The smallest absolute Gasteiger partial charge is 0.211 e. The third-order valence-corrected chi connectivity index (χ3v) is 9.52. The Morgan fingerprint density at radius 3 is 1.88 bits per heavy atom. The topological polar surface area (TPSA) is 94.6 Å². The minimum Gasteiger partial charge on any atom is -0.455 e. The first-order valence-corrected chi connectivity index (χ1v) is 13.1. The summed E-state index contributed by atoms with van der Waals surface area (Å²) in [6.07, 6.45) is 0.807. The first kappa shape index (κ1) is 22.2. The maximum atomic E-state index is 13.7. The molecule has 1 heterocycles. The van der Waals surface area contributed by atoms with Crippen molar-refractivity contribution < 1.29 is 26.4 Å². The number of ether oxygens (including phenoxy) is 1. The molecule has 0 fully saturated rings. The van der Waals surface area contributed by atoms with E-state index in [2.05, 4.69) is 0 Å². The van der Waals surface area contributed by atoms with Gasteiger partial charge < -0.3 is 4.74 Å². The van der Waals surface area contributed by atoms with Crippen LogP contribution in [0.1, 0.15) is 49.0 Å². The maximum Gasteiger partial charge on any atom is 0.211 e. The van der Waals surface area contributed by atoms with Crippen LogP contribution in [0.4, 0.5) is 0 Å². The zero-order valence-corrected chi connectivity index (χ0v) is 19.5. The average molecular weight is 471 g/mol. The molecule has 1 atom stereocenters. The van der Waals surface area contributed by atoms with Crippen molar-refractivity contribution in [2.75, 3.05) is 0 Å². The highest BCUT2D eigenvalue weighted by Gasteiger charge is 2.35. The molecule has 0 N–H and O–H groups in total. The van der Waals surface area contributed by atoms with Gasteiger partial charge in [0.1, 0.15) is 21.3 Å². The van der Waals surface area contributed by atoms with Crippen molar-refractivity contribution in [3.8, 4) is 11.5 Å². The van der Waals surface area contributed by atoms with Crippen molar-refractivity contribution in [2.45, 2.75) is 52.7 Å². The monoisotopic (exact) mass is 470 g/mol. The SMILES string of the molecule is CCC(C)c1ccc2c(c1)S(=O)(=O)c1ccccc1S(=O)(=O)c1cc(C(C)=O)ccc1O2. The fourth-order valence-electron chi connectivity index (χ4n) is 3.63. The predicted octanol–water partition coefficient (Wildman–Crippen LogP) is 5.17. The second kappa shape index (κ2) is 7.86. The first-order valence-electron chi connectivity index (χ1n) is 10.1. The zero-order valence-electron chi connectivity index (χ0n) is 17.8. The van der Waals surface area contributed by atoms with Crippen LogP contribution in [0.25, 0.3) is 0 Å². The Bertz CT molecular complexity index is 1450. The van der Waals surface area contributed by atoms with E-state index in [-0.39, 0.29) is 48.3 Å². The van der Waals surface area contributed by atoms with Crippen LogP contribution >= 0.6 is 0 Å². The minimum absolute atomic E-state index is 0.0285. The predicted molar refractivity (Wildman–Crippen MR) is 119 cm³/mol. The van der Waals surface area contributed by atoms with Crippen LogP contribution in [0.2, 0.25) is 0 Å². The van der Waals surface area contributed by atoms with Crippen molar-refractivity contribution in [3.63, 3.8) is 0 Å². The third kappa shape index (κ3) is 3.53. The minimum atomic E-state index is -4.32. The van der Waals surface area contributed by atoms with Crippen LogP contribution in [0.3, 0.4) is 0 Å². The van der Waals surface area contributed by atoms with Gasteiger partial charge in [-0.1, -0.05) is 32.0 Å². The standard InChI is InChI=1S/C24H22O6S2/c1-4-15(2)17-9-11-19-23(13-17)31(26,27)21-7-5-6-8-22(21)32(28,29)24-14-18(16(3)25)10-12-20(24)30-19/h5-15H,4H2,1-3H3. The highest BCUT2D eigenvalue weighted by atomic mass is 32.2. The molecule has 8 heteroatoms. The molecule has 3 aromatic rings. The Balaban J connectivity index is 2.13. The van der Waals surface area contributed by atoms with Gasteiger partial charge in [0.15, 0.2) is 5.78 Å². The van der Waals surface area contributed by atoms with Gasteiger partial charge in [-0.3, -0.25) is 4.79 Å². The van der Waals surface area contributed by atoms with E-state index in [0.29, 0.717) is 0 Å². The molecule has 0 radical (unpaired) electrons. The lowest BCUT2D eigenvalue weighted by atomic mass is 9.99. The summed E-state index contributed by atoms with van der Waals surface area (Å²) in [5, 5.41) is 0. The fraction of sp³-hybridized carbons (Fsp3) is 0.208. The molecule has 0 aromatic heterocycles. The number of ketones is 1. The second-order valence-electron chi connectivity index (χ2n) is 7.79. The van der Waals surface area contributed by atoms with E-state index in [0.717, 1.165) is 12.0 Å². The summed E-state index contributed by atoms with van der Waals surface area (Å²) in [6.45, 7) is 5.32. The Morgan fingerprint density at radius 1 is 0.812 bits per heavy atom. The van der Waals surface area contributed by atoms with Gasteiger partial charge in [-0.15, -0.1) is 0 Å². The summed E-state index contributed by atoms with van der Waals surface area (Å²) in [7, 11) is -8.55. The van der Waals surface area contributed by atoms with Gasteiger partial charge >= 0.3 is 0 Å². The molecular formula is C24H22O6S2. The molecular weight excluding hydrogens is 448 g/mol. The van der Waals surface area contributed by atoms with Crippen molar-refractivity contribution >= 4 is 25.5 Å². The average Bonchev–Trinajstić information content (AvgIpc) is 2.80. The molecule has 166 valence electrons. The summed E-state index contributed by atoms with van der Waals surface area (Å²) in [6, 6.07) is 14.5. The number of benzene rings is 3. The van der Waals surface area contributed by atoms with Crippen molar-refractivity contribution in [3.05, 3.63) is 71.8 Å². The lowest BCUT2D eigenvalue weighted by molar-refractivity contribution is 0.101. The van der Waals surface area contributed by atoms with E-state index in [1.807, 2.05) is 13.8 Å². The van der Waals surface area contributed by atoms with Crippen LogP contribution in [-0.2, 0) is 19.7 Å². The number of carbonyl (C=O) groups excluding carboxylic acids is 1. The van der Waals surface area contributed by atoms with Gasteiger partial charge in [-0.05, 0) is 67.3 Å². The van der Waals surface area contributed by atoms with Crippen LogP contribution in [0, 0.1) is 0 Å². The normalized spacial score (nSPS) is 16.7. The number of fused-ring (bicyclic) bond motifs is 3. The molecule has 0 amide bonds. The van der Waals surface area contributed by atoms with E-state index in [4.69, 9.17) is 4.74 Å². The van der Waals surface area contributed by atoms with Gasteiger partial charge in [-0.25, -0.2) is 16.8 Å². The lowest BCUT2D eigenvalue weighted by Crippen LogP contribution is -2.11. The van der Waals surface area contributed by atoms with Crippen molar-refractivity contribution in [2.24, 2.45) is 0 Å². The number of hydrogen-bond donors (Lipinski definition) is 0. The quantitative estimate of drug-likeness (QED) is 0.383. The number of hydrogen-bond acceptors (Lipinski definition) is 6. The maximum absolute atomic E-state index is 13.7. The Morgan fingerprint density at radius 2 is 1.34 bits per heavy atom.